The quantitative estimate of drug-likeness (QED) is 0.226. The summed E-state index contributed by atoms with van der Waals surface area (Å²) in [5, 5.41) is 0. The van der Waals surface area contributed by atoms with Gasteiger partial charge in [-0.3, -0.25) is 9.36 Å². The fourth-order valence-corrected chi connectivity index (χ4v) is 6.76. The fourth-order valence-electron chi connectivity index (χ4n) is 5.72. The molecule has 1 aliphatic rings. The lowest BCUT2D eigenvalue weighted by Crippen LogP contribution is -2.40. The van der Waals surface area contributed by atoms with Gasteiger partial charge in [0.2, 0.25) is 0 Å². The molecule has 0 aliphatic carbocycles. The lowest BCUT2D eigenvalue weighted by atomic mass is 9.95. The molecule has 10 nitrogen and oxygen atoms in total. The molecule has 0 unspecified atom stereocenters. The molecule has 5 rings (SSSR count). The molecule has 2 aromatic heterocycles. The van der Waals surface area contributed by atoms with Crippen molar-refractivity contribution < 1.29 is 28.5 Å². The van der Waals surface area contributed by atoms with Gasteiger partial charge in [0, 0.05) is 17.1 Å². The van der Waals surface area contributed by atoms with Gasteiger partial charge in [-0.2, -0.15) is 0 Å². The fraction of sp³-hybridized carbons (Fsp3) is 0.333. The van der Waals surface area contributed by atoms with Gasteiger partial charge in [0.1, 0.15) is 0 Å². The number of hydrogen-bond donors (Lipinski definition) is 0. The van der Waals surface area contributed by atoms with Crippen LogP contribution in [0, 0.1) is 27.7 Å². The molecule has 0 bridgehead atoms. The Morgan fingerprint density at radius 2 is 1.70 bits per heavy atom. The standard InChI is InChI=1S/C36H39N3O7S/c1-9-44-29-17-25(12-14-28(29)46-19-31(40)43-8)33-32(35(42)45-10-2)23(6)37-36-39(33)34(41)30(47-36)18-26-16-22(5)38(24(26)7)27-13-11-20(3)21(4)15-27/h11-18,33H,9-10,19H2,1-8H3/b30-18-/t33-/m1/s1. The molecule has 0 N–H and O–H groups in total. The van der Waals surface area contributed by atoms with Gasteiger partial charge in [-0.25, -0.2) is 14.6 Å². The molecule has 0 fully saturated rings. The molecule has 2 aromatic carbocycles. The van der Waals surface area contributed by atoms with Gasteiger partial charge in [0.05, 0.1) is 42.2 Å². The number of benzene rings is 2. The molecular formula is C36H39N3O7S. The van der Waals surface area contributed by atoms with E-state index in [-0.39, 0.29) is 24.3 Å². The van der Waals surface area contributed by atoms with Crippen LogP contribution in [0.4, 0.5) is 0 Å². The average Bonchev–Trinajstić information content (AvgIpc) is 3.50. The van der Waals surface area contributed by atoms with E-state index < -0.39 is 18.0 Å². The van der Waals surface area contributed by atoms with Gasteiger partial charge in [0.25, 0.3) is 5.56 Å². The Morgan fingerprint density at radius 1 is 0.936 bits per heavy atom. The number of aryl methyl sites for hydroxylation is 3. The zero-order valence-corrected chi connectivity index (χ0v) is 28.7. The third-order valence-corrected chi connectivity index (χ3v) is 9.16. The minimum atomic E-state index is -0.843. The monoisotopic (exact) mass is 657 g/mol. The molecule has 0 radical (unpaired) electrons. The van der Waals surface area contributed by atoms with E-state index in [1.54, 1.807) is 32.0 Å². The number of nitrogens with zero attached hydrogens (tertiary/aromatic N) is 3. The predicted molar refractivity (Wildman–Crippen MR) is 180 cm³/mol. The van der Waals surface area contributed by atoms with Crippen molar-refractivity contribution in [1.82, 2.24) is 9.13 Å². The Morgan fingerprint density at radius 3 is 2.38 bits per heavy atom. The van der Waals surface area contributed by atoms with Crippen molar-refractivity contribution in [3.05, 3.63) is 107 Å². The molecular weight excluding hydrogens is 618 g/mol. The van der Waals surface area contributed by atoms with Crippen molar-refractivity contribution in [2.45, 2.75) is 54.5 Å². The number of hydrogen-bond acceptors (Lipinski definition) is 9. The Labute approximate surface area is 277 Å². The third-order valence-electron chi connectivity index (χ3n) is 8.18. The average molecular weight is 658 g/mol. The zero-order valence-electron chi connectivity index (χ0n) is 27.9. The van der Waals surface area contributed by atoms with Crippen molar-refractivity contribution in [1.29, 1.82) is 0 Å². The number of thiazole rings is 1. The Balaban J connectivity index is 1.66. The summed E-state index contributed by atoms with van der Waals surface area (Å²) < 4.78 is 25.9. The number of rotatable bonds is 10. The van der Waals surface area contributed by atoms with Crippen LogP contribution < -0.4 is 24.4 Å². The molecule has 0 saturated heterocycles. The van der Waals surface area contributed by atoms with Crippen LogP contribution in [0.15, 0.2) is 63.5 Å². The maximum absolute atomic E-state index is 14.3. The van der Waals surface area contributed by atoms with Crippen LogP contribution in [-0.4, -0.2) is 48.0 Å². The van der Waals surface area contributed by atoms with Crippen molar-refractivity contribution in [2.75, 3.05) is 26.9 Å². The van der Waals surface area contributed by atoms with Crippen molar-refractivity contribution in [2.24, 2.45) is 4.99 Å². The van der Waals surface area contributed by atoms with E-state index >= 15 is 0 Å². The van der Waals surface area contributed by atoms with E-state index in [2.05, 4.69) is 42.7 Å². The van der Waals surface area contributed by atoms with Gasteiger partial charge >= 0.3 is 11.9 Å². The Kier molecular flexibility index (Phi) is 9.85. The van der Waals surface area contributed by atoms with Gasteiger partial charge in [-0.15, -0.1) is 0 Å². The number of ether oxygens (including phenoxy) is 4. The highest BCUT2D eigenvalue weighted by Gasteiger charge is 2.34. The molecule has 3 heterocycles. The molecule has 0 amide bonds. The van der Waals surface area contributed by atoms with Crippen LogP contribution in [0.2, 0.25) is 0 Å². The molecule has 0 spiro atoms. The summed E-state index contributed by atoms with van der Waals surface area (Å²) >= 11 is 1.27. The number of carbonyl (C=O) groups excluding carboxylic acids is 2. The molecule has 1 aliphatic heterocycles. The number of fused-ring (bicyclic) bond motifs is 1. The highest BCUT2D eigenvalue weighted by atomic mass is 32.1. The second kappa shape index (κ2) is 13.8. The van der Waals surface area contributed by atoms with E-state index in [1.165, 1.54) is 34.1 Å². The normalized spacial score (nSPS) is 14.5. The Bertz CT molecular complexity index is 2080. The van der Waals surface area contributed by atoms with E-state index in [4.69, 9.17) is 23.9 Å². The van der Waals surface area contributed by atoms with Crippen molar-refractivity contribution >= 4 is 29.4 Å². The maximum Gasteiger partial charge on any atom is 0.343 e. The van der Waals surface area contributed by atoms with E-state index in [9.17, 15) is 14.4 Å². The lowest BCUT2D eigenvalue weighted by Gasteiger charge is -2.25. The highest BCUT2D eigenvalue weighted by Crippen LogP contribution is 2.36. The Hall–Kier alpha value is -4.90. The minimum absolute atomic E-state index is 0.160. The first-order chi connectivity index (χ1) is 22.5. The largest absolute Gasteiger partial charge is 0.490 e. The summed E-state index contributed by atoms with van der Waals surface area (Å²) in [6.45, 7) is 13.7. The first-order valence-corrected chi connectivity index (χ1v) is 16.2. The molecule has 4 aromatic rings. The van der Waals surface area contributed by atoms with Crippen LogP contribution in [0.1, 0.15) is 60.5 Å². The first-order valence-electron chi connectivity index (χ1n) is 15.4. The van der Waals surface area contributed by atoms with Crippen LogP contribution >= 0.6 is 11.3 Å². The molecule has 47 heavy (non-hydrogen) atoms. The summed E-state index contributed by atoms with van der Waals surface area (Å²) in [5.41, 5.74) is 7.46. The highest BCUT2D eigenvalue weighted by molar-refractivity contribution is 7.07. The lowest BCUT2D eigenvalue weighted by molar-refractivity contribution is -0.143. The number of methoxy groups -OCH3 is 1. The van der Waals surface area contributed by atoms with Crippen molar-refractivity contribution in [3.63, 3.8) is 0 Å². The van der Waals surface area contributed by atoms with E-state index in [0.29, 0.717) is 38.7 Å². The first kappa shape index (κ1) is 33.5. The topological polar surface area (TPSA) is 110 Å². The predicted octanol–water partition coefficient (Wildman–Crippen LogP) is 4.77. The smallest absolute Gasteiger partial charge is 0.343 e. The molecule has 0 saturated carbocycles. The number of aromatic nitrogens is 2. The molecule has 11 heteroatoms. The van der Waals surface area contributed by atoms with Crippen molar-refractivity contribution in [3.8, 4) is 17.2 Å². The second-order valence-electron chi connectivity index (χ2n) is 11.2. The zero-order chi connectivity index (χ0) is 34.0. The maximum atomic E-state index is 14.3. The van der Waals surface area contributed by atoms with Gasteiger partial charge in [0.15, 0.2) is 22.9 Å². The molecule has 1 atom stereocenters. The van der Waals surface area contributed by atoms with Crippen LogP contribution in [0.3, 0.4) is 0 Å². The second-order valence-corrected chi connectivity index (χ2v) is 12.2. The summed E-state index contributed by atoms with van der Waals surface area (Å²) in [6.07, 6.45) is 1.89. The summed E-state index contributed by atoms with van der Waals surface area (Å²) in [6, 6.07) is 12.7. The summed E-state index contributed by atoms with van der Waals surface area (Å²) in [4.78, 5) is 44.6. The van der Waals surface area contributed by atoms with E-state index in [0.717, 1.165) is 22.6 Å². The SMILES string of the molecule is CCOC(=O)C1=C(C)N=c2s/c(=C\c3cc(C)n(-c4ccc(C)c(C)c4)c3C)c(=O)n2[C@@H]1c1ccc(OCC(=O)OC)c(OCC)c1. The summed E-state index contributed by atoms with van der Waals surface area (Å²) in [7, 11) is 1.28. The van der Waals surface area contributed by atoms with Crippen LogP contribution in [0.5, 0.6) is 11.5 Å². The van der Waals surface area contributed by atoms with Gasteiger partial charge in [-0.05, 0) is 107 Å². The number of allylic oxidation sites excluding steroid dienone is 1. The third kappa shape index (κ3) is 6.53. The number of carbonyl (C=O) groups is 2. The molecule has 246 valence electrons. The van der Waals surface area contributed by atoms with Crippen LogP contribution in [0.25, 0.3) is 11.8 Å². The number of esters is 2. The minimum Gasteiger partial charge on any atom is -0.490 e. The van der Waals surface area contributed by atoms with Gasteiger partial charge < -0.3 is 23.5 Å². The van der Waals surface area contributed by atoms with Gasteiger partial charge in [-0.1, -0.05) is 23.5 Å². The summed E-state index contributed by atoms with van der Waals surface area (Å²) in [5.74, 6) is -0.422. The van der Waals surface area contributed by atoms with E-state index in [1.807, 2.05) is 26.8 Å². The van der Waals surface area contributed by atoms with Crippen LogP contribution in [-0.2, 0) is 19.1 Å².